The van der Waals surface area contributed by atoms with Gasteiger partial charge in [0.2, 0.25) is 6.79 Å². The lowest BCUT2D eigenvalue weighted by atomic mass is 10.2. The molecule has 7 nitrogen and oxygen atoms in total. The van der Waals surface area contributed by atoms with Crippen molar-refractivity contribution in [3.05, 3.63) is 58.5 Å². The second-order valence-corrected chi connectivity index (χ2v) is 8.11. The molecule has 2 amide bonds. The maximum absolute atomic E-state index is 12.7. The molecule has 2 aliphatic heterocycles. The first kappa shape index (κ1) is 20.2. The van der Waals surface area contributed by atoms with Crippen LogP contribution in [-0.2, 0) is 4.79 Å². The van der Waals surface area contributed by atoms with E-state index in [-0.39, 0.29) is 25.2 Å². The summed E-state index contributed by atoms with van der Waals surface area (Å²) in [6, 6.07) is 12.3. The van der Waals surface area contributed by atoms with Gasteiger partial charge in [-0.3, -0.25) is 14.5 Å². The normalized spacial score (nSPS) is 16.3. The number of amides is 2. The van der Waals surface area contributed by atoms with Crippen LogP contribution in [0.15, 0.2) is 47.4 Å². The third-order valence-electron chi connectivity index (χ3n) is 4.54. The highest BCUT2D eigenvalue weighted by Gasteiger charge is 2.31. The van der Waals surface area contributed by atoms with Gasteiger partial charge >= 0.3 is 0 Å². The molecule has 9 heteroatoms. The van der Waals surface area contributed by atoms with Crippen molar-refractivity contribution in [2.45, 2.75) is 0 Å². The number of thioether (sulfide) groups is 1. The van der Waals surface area contributed by atoms with E-state index in [1.807, 2.05) is 18.2 Å². The van der Waals surface area contributed by atoms with Crippen LogP contribution in [-0.4, -0.2) is 48.0 Å². The minimum absolute atomic E-state index is 0.179. The number of methoxy groups -OCH3 is 1. The fraction of sp³-hybridized carbons (Fsp3) is 0.190. The Kier molecular flexibility index (Phi) is 5.91. The zero-order chi connectivity index (χ0) is 21.1. The number of carbonyl (C=O) groups excluding carboxylic acids is 2. The zero-order valence-electron chi connectivity index (χ0n) is 16.0. The van der Waals surface area contributed by atoms with Crippen molar-refractivity contribution in [3.8, 4) is 17.2 Å². The van der Waals surface area contributed by atoms with Crippen LogP contribution in [0.3, 0.4) is 0 Å². The van der Waals surface area contributed by atoms with Crippen molar-refractivity contribution in [1.82, 2.24) is 10.2 Å². The molecule has 2 aromatic rings. The van der Waals surface area contributed by atoms with Gasteiger partial charge in [0.15, 0.2) is 11.5 Å². The quantitative estimate of drug-likeness (QED) is 0.544. The number of nitrogens with one attached hydrogen (secondary N) is 1. The topological polar surface area (TPSA) is 77.1 Å². The van der Waals surface area contributed by atoms with Gasteiger partial charge in [0, 0.05) is 18.7 Å². The Balaban J connectivity index is 1.35. The van der Waals surface area contributed by atoms with E-state index in [0.717, 1.165) is 5.56 Å². The van der Waals surface area contributed by atoms with Gasteiger partial charge in [-0.05, 0) is 48.0 Å². The minimum Gasteiger partial charge on any atom is -0.497 e. The average molecular weight is 443 g/mol. The summed E-state index contributed by atoms with van der Waals surface area (Å²) in [6.07, 6.45) is 1.77. The van der Waals surface area contributed by atoms with Crippen LogP contribution in [0.25, 0.3) is 6.08 Å². The van der Waals surface area contributed by atoms with Crippen molar-refractivity contribution in [3.63, 3.8) is 0 Å². The maximum Gasteiger partial charge on any atom is 0.266 e. The molecule has 2 heterocycles. The number of hydrogen-bond donors (Lipinski definition) is 1. The summed E-state index contributed by atoms with van der Waals surface area (Å²) in [5.41, 5.74) is 1.34. The Labute approximate surface area is 183 Å². The summed E-state index contributed by atoms with van der Waals surface area (Å²) in [6.45, 7) is 0.781. The van der Waals surface area contributed by atoms with E-state index in [9.17, 15) is 9.59 Å². The molecule has 0 spiro atoms. The molecule has 0 radical (unpaired) electrons. The highest BCUT2D eigenvalue weighted by atomic mass is 32.2. The van der Waals surface area contributed by atoms with Crippen LogP contribution in [0.2, 0.25) is 0 Å². The Morgan fingerprint density at radius 3 is 2.77 bits per heavy atom. The van der Waals surface area contributed by atoms with Crippen molar-refractivity contribution in [1.29, 1.82) is 0 Å². The summed E-state index contributed by atoms with van der Waals surface area (Å²) in [5, 5.41) is 2.80. The predicted molar refractivity (Wildman–Crippen MR) is 118 cm³/mol. The largest absolute Gasteiger partial charge is 0.497 e. The highest BCUT2D eigenvalue weighted by Crippen LogP contribution is 2.36. The van der Waals surface area contributed by atoms with E-state index >= 15 is 0 Å². The van der Waals surface area contributed by atoms with Crippen molar-refractivity contribution >= 4 is 46.2 Å². The highest BCUT2D eigenvalue weighted by molar-refractivity contribution is 8.26. The number of fused-ring (bicyclic) bond motifs is 1. The van der Waals surface area contributed by atoms with E-state index in [0.29, 0.717) is 38.6 Å². The van der Waals surface area contributed by atoms with Gasteiger partial charge in [-0.25, -0.2) is 0 Å². The second-order valence-electron chi connectivity index (χ2n) is 6.43. The SMILES string of the molecule is COc1ccc(C(=O)NCCN2C(=O)C(=Cc3ccc4c(c3)OCO4)SC2=S)cc1. The van der Waals surface area contributed by atoms with E-state index < -0.39 is 0 Å². The van der Waals surface area contributed by atoms with Crippen molar-refractivity contribution < 1.29 is 23.8 Å². The van der Waals surface area contributed by atoms with Crippen LogP contribution in [0.1, 0.15) is 15.9 Å². The van der Waals surface area contributed by atoms with Crippen LogP contribution < -0.4 is 19.5 Å². The Bertz CT molecular complexity index is 1040. The van der Waals surface area contributed by atoms with Crippen LogP contribution in [0, 0.1) is 0 Å². The fourth-order valence-corrected chi connectivity index (χ4v) is 4.28. The number of carbonyl (C=O) groups is 2. The molecule has 2 aromatic carbocycles. The van der Waals surface area contributed by atoms with Gasteiger partial charge in [0.05, 0.1) is 12.0 Å². The van der Waals surface area contributed by atoms with E-state index in [1.165, 1.54) is 16.7 Å². The monoisotopic (exact) mass is 442 g/mol. The number of nitrogens with zero attached hydrogens (tertiary/aromatic N) is 1. The lowest BCUT2D eigenvalue weighted by Crippen LogP contribution is -2.37. The van der Waals surface area contributed by atoms with Crippen LogP contribution >= 0.6 is 24.0 Å². The van der Waals surface area contributed by atoms with E-state index in [2.05, 4.69) is 5.32 Å². The summed E-state index contributed by atoms with van der Waals surface area (Å²) >= 11 is 6.59. The molecule has 0 aliphatic carbocycles. The molecule has 0 atom stereocenters. The molecule has 0 unspecified atom stereocenters. The lowest BCUT2D eigenvalue weighted by Gasteiger charge is -2.15. The van der Waals surface area contributed by atoms with E-state index in [4.69, 9.17) is 26.4 Å². The van der Waals surface area contributed by atoms with Gasteiger partial charge in [0.25, 0.3) is 11.8 Å². The standard InChI is InChI=1S/C21H18N2O5S2/c1-26-15-5-3-14(4-6-15)19(24)22-8-9-23-20(25)18(30-21(23)29)11-13-2-7-16-17(10-13)28-12-27-16/h2-7,10-11H,8-9,12H2,1H3,(H,22,24). The van der Waals surface area contributed by atoms with Gasteiger partial charge in [-0.2, -0.15) is 0 Å². The molecule has 154 valence electrons. The molecule has 0 saturated carbocycles. The molecule has 0 bridgehead atoms. The van der Waals surface area contributed by atoms with Crippen molar-refractivity contribution in [2.75, 3.05) is 27.0 Å². The molecule has 2 aliphatic rings. The molecule has 1 fully saturated rings. The Morgan fingerprint density at radius 1 is 1.23 bits per heavy atom. The summed E-state index contributed by atoms with van der Waals surface area (Å²) in [7, 11) is 1.57. The Morgan fingerprint density at radius 2 is 2.00 bits per heavy atom. The second kappa shape index (κ2) is 8.76. The third-order valence-corrected chi connectivity index (χ3v) is 5.92. The van der Waals surface area contributed by atoms with Gasteiger partial charge in [-0.15, -0.1) is 0 Å². The summed E-state index contributed by atoms with van der Waals surface area (Å²) < 4.78 is 16.2. The van der Waals surface area contributed by atoms with Gasteiger partial charge in [-0.1, -0.05) is 30.0 Å². The predicted octanol–water partition coefficient (Wildman–Crippen LogP) is 3.06. The molecule has 30 heavy (non-hydrogen) atoms. The van der Waals surface area contributed by atoms with Crippen LogP contribution in [0.4, 0.5) is 0 Å². The molecular formula is C21H18N2O5S2. The average Bonchev–Trinajstić information content (AvgIpc) is 3.33. The first-order valence-electron chi connectivity index (χ1n) is 9.12. The number of hydrogen-bond acceptors (Lipinski definition) is 7. The zero-order valence-corrected chi connectivity index (χ0v) is 17.7. The maximum atomic E-state index is 12.7. The summed E-state index contributed by atoms with van der Waals surface area (Å²) in [5.74, 6) is 1.62. The third kappa shape index (κ3) is 4.27. The minimum atomic E-state index is -0.223. The Hall–Kier alpha value is -3.04. The molecule has 1 N–H and O–H groups in total. The number of thiocarbonyl (C=S) groups is 1. The first-order chi connectivity index (χ1) is 14.5. The van der Waals surface area contributed by atoms with Gasteiger partial charge < -0.3 is 19.5 Å². The first-order valence-corrected chi connectivity index (χ1v) is 10.3. The van der Waals surface area contributed by atoms with Crippen molar-refractivity contribution in [2.24, 2.45) is 0 Å². The lowest BCUT2D eigenvalue weighted by molar-refractivity contribution is -0.122. The number of ether oxygens (including phenoxy) is 3. The van der Waals surface area contributed by atoms with Crippen LogP contribution in [0.5, 0.6) is 17.2 Å². The molecular weight excluding hydrogens is 424 g/mol. The smallest absolute Gasteiger partial charge is 0.266 e. The van der Waals surface area contributed by atoms with E-state index in [1.54, 1.807) is 37.5 Å². The number of benzene rings is 2. The van der Waals surface area contributed by atoms with Gasteiger partial charge in [0.1, 0.15) is 10.1 Å². The summed E-state index contributed by atoms with van der Waals surface area (Å²) in [4.78, 5) is 27.0. The fourth-order valence-electron chi connectivity index (χ4n) is 2.97. The molecule has 1 saturated heterocycles. The molecule has 0 aromatic heterocycles. The molecule has 4 rings (SSSR count). The number of rotatable bonds is 6.